The number of carboxylic acid groups (broad SMARTS) is 4. The third-order valence-electron chi connectivity index (χ3n) is 19.1. The van der Waals surface area contributed by atoms with Crippen LogP contribution in [-0.2, 0) is 67.0 Å². The van der Waals surface area contributed by atoms with Crippen molar-refractivity contribution in [2.75, 3.05) is 13.7 Å². The Morgan fingerprint density at radius 3 is 1.79 bits per heavy atom. The molecule has 7 amide bonds. The van der Waals surface area contributed by atoms with Gasteiger partial charge < -0.3 is 149 Å². The number of phenols is 3. The van der Waals surface area contributed by atoms with E-state index in [1.807, 2.05) is 13.8 Å². The number of nitrogens with one attached hydrogen (secondary N) is 7. The fraction of sp³-hybridized carbons (Fsp3) is 0.431. The second-order valence-electron chi connectivity index (χ2n) is 28.2. The van der Waals surface area contributed by atoms with E-state index < -0.39 is 273 Å². The highest BCUT2D eigenvalue weighted by atomic mass is 35.5. The van der Waals surface area contributed by atoms with Crippen molar-refractivity contribution < 1.29 is 153 Å². The number of hydrogen-bond donors (Lipinski definition) is 23. The molecule has 2 fully saturated rings. The molecule has 0 aliphatic carbocycles. The molecule has 0 aromatic heterocycles. The molecule has 0 saturated carbocycles. The Kier molecular flexibility index (Phi) is 27.3. The van der Waals surface area contributed by atoms with Gasteiger partial charge in [-0.15, -0.1) is 0 Å². The van der Waals surface area contributed by atoms with Gasteiger partial charge >= 0.3 is 23.9 Å². The smallest absolute Gasteiger partial charge is 0.336 e. The zero-order valence-corrected chi connectivity index (χ0v) is 62.3. The van der Waals surface area contributed by atoms with Crippen molar-refractivity contribution in [3.8, 4) is 57.1 Å². The van der Waals surface area contributed by atoms with Crippen molar-refractivity contribution in [3.63, 3.8) is 0 Å². The van der Waals surface area contributed by atoms with Gasteiger partial charge in [0.25, 0.3) is 0 Å². The molecule has 7 aliphatic rings. The first-order chi connectivity index (χ1) is 53.4. The minimum Gasteiger partial charge on any atom is -0.508 e. The van der Waals surface area contributed by atoms with Crippen LogP contribution in [0.2, 0.25) is 10.0 Å². The highest BCUT2D eigenvalue weighted by Crippen LogP contribution is 2.50. The Morgan fingerprint density at radius 2 is 1.25 bits per heavy atom. The molecule has 7 aliphatic heterocycles. The van der Waals surface area contributed by atoms with E-state index >= 15 is 14.4 Å². The number of likely N-dealkylation sites (N-methyl/N-ethyl adjacent to an activating group) is 1. The first-order valence-corrected chi connectivity index (χ1v) is 35.5. The molecule has 18 atom stereocenters. The van der Waals surface area contributed by atoms with Crippen molar-refractivity contribution >= 4 is 88.4 Å². The number of aliphatic carboxylic acids is 4. The SMILES string of the molecule is CN[C@H](CC(C)C)C(=O)N[C@H]1C(=O)N[C@@H](CC(N)=O)C(=O)N[C@H]2C(=O)N[C@H]3C(=O)N[C@H](C(=O)N[C@H](C(=O)O)c4cc(O)cc(O)c4-c4cc3ccc4O)[C@H](O)c3ccc(c(Cl)c3)Oc3cc2cc(c3O[C@@H]2O[C@H](CO)[C@@H](O)[C@H](O)[C@H]2O[C@H]2C[C@](C)(N)[C@H](O)[C@H](C)O2)Oc2ccc(cc2Cl)[C@H]1O.O=C(O)CC(O)(CC(=O)O)C(=O)O. The molecule has 5 aromatic rings. The van der Waals surface area contributed by atoms with Gasteiger partial charge in [-0.05, 0) is 110 Å². The maximum atomic E-state index is 16.0. The minimum absolute atomic E-state index is 0.0975. The van der Waals surface area contributed by atoms with Crippen LogP contribution >= 0.6 is 23.2 Å². The van der Waals surface area contributed by atoms with E-state index in [2.05, 4.69) is 37.2 Å². The Bertz CT molecular complexity index is 4560. The molecule has 11 bridgehead atoms. The van der Waals surface area contributed by atoms with E-state index in [1.54, 1.807) is 0 Å². The Labute approximate surface area is 655 Å². The number of benzene rings is 5. The number of aliphatic hydroxyl groups excluding tert-OH is 6. The first-order valence-electron chi connectivity index (χ1n) is 34.8. The largest absolute Gasteiger partial charge is 0.508 e. The van der Waals surface area contributed by atoms with Crippen LogP contribution in [0.3, 0.4) is 0 Å². The fourth-order valence-corrected chi connectivity index (χ4v) is 13.7. The van der Waals surface area contributed by atoms with E-state index in [0.717, 1.165) is 66.7 Å². The molecular weight excluding hydrogens is 1560 g/mol. The number of carbonyl (C=O) groups is 11. The number of primary amides is 1. The summed E-state index contributed by atoms with van der Waals surface area (Å²) < 4.78 is 38.3. The van der Waals surface area contributed by atoms with E-state index in [-0.39, 0.29) is 46.2 Å². The number of rotatable bonds is 18. The third kappa shape index (κ3) is 19.7. The van der Waals surface area contributed by atoms with Crippen LogP contribution in [-0.4, -0.2) is 235 Å². The molecule has 25 N–H and O–H groups in total. The lowest BCUT2D eigenvalue weighted by atomic mass is 9.86. The molecule has 0 unspecified atom stereocenters. The quantitative estimate of drug-likeness (QED) is 0.0493. The molecule has 2 saturated heterocycles. The summed E-state index contributed by atoms with van der Waals surface area (Å²) in [4.78, 5) is 147. The van der Waals surface area contributed by atoms with E-state index in [4.69, 9.17) is 83.5 Å². The van der Waals surface area contributed by atoms with Gasteiger partial charge in [0.2, 0.25) is 53.4 Å². The summed E-state index contributed by atoms with van der Waals surface area (Å²) in [5.74, 6) is -21.0. The van der Waals surface area contributed by atoms with Crippen molar-refractivity contribution in [1.29, 1.82) is 0 Å². The molecule has 114 heavy (non-hydrogen) atoms. The second kappa shape index (κ2) is 35.7. The molecule has 0 spiro atoms. The van der Waals surface area contributed by atoms with Crippen LogP contribution in [0.25, 0.3) is 11.1 Å². The number of phenolic OH excluding ortho intramolecular Hbond substituents is 3. The Hall–Kier alpha value is -10.8. The highest BCUT2D eigenvalue weighted by Gasteiger charge is 2.52. The summed E-state index contributed by atoms with van der Waals surface area (Å²) in [5.41, 5.74) is 5.27. The normalized spacial score (nSPS) is 27.3. The Morgan fingerprint density at radius 1 is 0.684 bits per heavy atom. The van der Waals surface area contributed by atoms with Crippen molar-refractivity contribution in [3.05, 3.63) is 117 Å². The molecule has 7 heterocycles. The number of carbonyl (C=O) groups excluding carboxylic acids is 7. The van der Waals surface area contributed by atoms with Gasteiger partial charge in [-0.3, -0.25) is 43.2 Å². The predicted octanol–water partition coefficient (Wildman–Crippen LogP) is -1.14. The van der Waals surface area contributed by atoms with Gasteiger partial charge in [-0.25, -0.2) is 9.59 Å². The van der Waals surface area contributed by atoms with Gasteiger partial charge in [0.15, 0.2) is 35.5 Å². The van der Waals surface area contributed by atoms with E-state index in [9.17, 15) is 89.4 Å². The first kappa shape index (κ1) is 87.1. The molecule has 40 nitrogen and oxygen atoms in total. The molecule has 616 valence electrons. The molecule has 42 heteroatoms. The number of halogens is 2. The van der Waals surface area contributed by atoms with Crippen LogP contribution in [0.5, 0.6) is 46.0 Å². The summed E-state index contributed by atoms with van der Waals surface area (Å²) in [5, 5.41) is 164. The van der Waals surface area contributed by atoms with E-state index in [1.165, 1.54) is 33.0 Å². The molecule has 5 aromatic carbocycles. The monoisotopic (exact) mass is 1640 g/mol. The Balaban J connectivity index is 0.00000105. The number of nitrogens with two attached hydrogens (primary N) is 2. The number of aliphatic hydroxyl groups is 7. The zero-order valence-electron chi connectivity index (χ0n) is 60.8. The summed E-state index contributed by atoms with van der Waals surface area (Å²) in [6.07, 6.45) is -20.8. The number of carboxylic acids is 4. The van der Waals surface area contributed by atoms with E-state index in [0.29, 0.717) is 0 Å². The van der Waals surface area contributed by atoms with Crippen LogP contribution in [0.1, 0.15) is 118 Å². The lowest BCUT2D eigenvalue weighted by Crippen LogP contribution is -2.64. The summed E-state index contributed by atoms with van der Waals surface area (Å²) in [6.45, 7) is 5.66. The highest BCUT2D eigenvalue weighted by molar-refractivity contribution is 6.32. The van der Waals surface area contributed by atoms with Gasteiger partial charge in [0.05, 0.1) is 54.2 Å². The number of fused-ring (bicyclic) bond motifs is 15. The van der Waals surface area contributed by atoms with Gasteiger partial charge in [0.1, 0.15) is 89.5 Å². The summed E-state index contributed by atoms with van der Waals surface area (Å²) >= 11 is 14.1. The van der Waals surface area contributed by atoms with Gasteiger partial charge in [0, 0.05) is 34.7 Å². The third-order valence-corrected chi connectivity index (χ3v) is 19.6. The average molecular weight is 1640 g/mol. The fourth-order valence-electron chi connectivity index (χ4n) is 13.2. The van der Waals surface area contributed by atoms with Crippen LogP contribution < -0.4 is 62.9 Å². The zero-order chi connectivity index (χ0) is 84.2. The number of hydrogen-bond acceptors (Lipinski definition) is 29. The number of aromatic hydroxyl groups is 3. The van der Waals surface area contributed by atoms with Crippen molar-refractivity contribution in [2.24, 2.45) is 17.4 Å². The topological polar surface area (TPSA) is 663 Å². The number of ether oxygens (including phenoxy) is 6. The lowest BCUT2D eigenvalue weighted by molar-refractivity contribution is -0.333. The van der Waals surface area contributed by atoms with Crippen molar-refractivity contribution in [1.82, 2.24) is 37.2 Å². The van der Waals surface area contributed by atoms with Crippen LogP contribution in [0.15, 0.2) is 78.9 Å². The number of amides is 7. The predicted molar refractivity (Wildman–Crippen MR) is 386 cm³/mol. The van der Waals surface area contributed by atoms with Gasteiger partial charge in [-0.2, -0.15) is 0 Å². The van der Waals surface area contributed by atoms with Gasteiger partial charge in [-0.1, -0.05) is 55.2 Å². The summed E-state index contributed by atoms with van der Waals surface area (Å²) in [7, 11) is 1.47. The van der Waals surface area contributed by atoms with Crippen LogP contribution in [0.4, 0.5) is 0 Å². The summed E-state index contributed by atoms with van der Waals surface area (Å²) in [6, 6.07) is -0.679. The minimum atomic E-state index is -2.74. The molecule has 12 rings (SSSR count). The second-order valence-corrected chi connectivity index (χ2v) is 29.0. The molecular formula is C72H83Cl2N9O31. The van der Waals surface area contributed by atoms with Crippen LogP contribution in [0, 0.1) is 5.92 Å². The maximum absolute atomic E-state index is 16.0. The van der Waals surface area contributed by atoms with Crippen molar-refractivity contribution in [2.45, 2.75) is 175 Å². The average Bonchev–Trinajstić information content (AvgIpc) is 0.766. The maximum Gasteiger partial charge on any atom is 0.336 e. The lowest BCUT2D eigenvalue weighted by Gasteiger charge is -2.47. The molecule has 0 radical (unpaired) electrons. The standard InChI is InChI=1S/C66H75Cl2N9O24.C6H8O7/c1-23(2)12-34(71-5)58(88)76-49-51(83)26-7-10-38(32(67)14-26)97-40-16-28-17-41(55(40)101-65-56(54(86)53(85)42(22-78)99-65)100-44-21-66(4,70)57(87)24(3)96-44)98-39-11-8-27(15-33(39)68)52(84)50-63(93)75-48(64(94)95)31-18-29(79)19-37(81)45(31)30-13-25(6-9-36(30)80)46(60(90)77-50)74-61(91)47(28)73-59(89)35(20-43(69)82)72-62(49)92;7-3(8)1-6(13,5(11)12)2-4(9)10/h6-11,13-19,23-24,34-35,42,44,46-54,56-57,65,71,78-81,83-87H,12,20-22,70H2,1-5H3,(H2,69,82)(H,72,92)(H,73,89)(H,74,91)(H,75,93)(H,76,88)(H,77,90)(H,94,95);13H,1-2H2,(H,7,8)(H,9,10)(H,11,12)/t24-,34+,35-,42+,44-,46+,47+,48-,49+,50-,51+,52+,53+,54-,56+,57+,65-,66-;/m0./s1.